The minimum absolute atomic E-state index is 0.0745. The molecule has 4 rings (SSSR count). The van der Waals surface area contributed by atoms with Crippen molar-refractivity contribution < 1.29 is 18.7 Å². The third-order valence-corrected chi connectivity index (χ3v) is 5.50. The Morgan fingerprint density at radius 1 is 1.27 bits per heavy atom. The second-order valence-electron chi connectivity index (χ2n) is 7.85. The first kappa shape index (κ1) is 22.9. The summed E-state index contributed by atoms with van der Waals surface area (Å²) in [5, 5.41) is 2.56. The third-order valence-electron chi connectivity index (χ3n) is 5.50. The zero-order chi connectivity index (χ0) is 23.2. The van der Waals surface area contributed by atoms with Gasteiger partial charge in [0.15, 0.2) is 17.2 Å². The molecule has 1 aliphatic rings. The summed E-state index contributed by atoms with van der Waals surface area (Å²) in [6, 6.07) is 4.68. The van der Waals surface area contributed by atoms with Crippen molar-refractivity contribution in [3.05, 3.63) is 30.3 Å². The van der Waals surface area contributed by atoms with Gasteiger partial charge in [-0.3, -0.25) is 4.79 Å². The molecule has 2 aromatic heterocycles. The molecule has 3 heterocycles. The van der Waals surface area contributed by atoms with Gasteiger partial charge in [-0.25, -0.2) is 14.4 Å². The molecule has 0 radical (unpaired) electrons. The molecule has 1 saturated heterocycles. The topological polar surface area (TPSA) is 94.4 Å². The van der Waals surface area contributed by atoms with Crippen molar-refractivity contribution in [2.24, 2.45) is 0 Å². The lowest BCUT2D eigenvalue weighted by Crippen LogP contribution is -2.37. The summed E-state index contributed by atoms with van der Waals surface area (Å²) in [6.45, 7) is 5.78. The monoisotopic (exact) mass is 456 g/mol. The number of carbonyl (C=O) groups is 1. The van der Waals surface area contributed by atoms with Gasteiger partial charge in [-0.15, -0.1) is 0 Å². The van der Waals surface area contributed by atoms with Crippen LogP contribution in [0.25, 0.3) is 22.4 Å². The van der Waals surface area contributed by atoms with Crippen LogP contribution in [0.1, 0.15) is 26.2 Å². The van der Waals surface area contributed by atoms with E-state index in [0.29, 0.717) is 61.9 Å². The second kappa shape index (κ2) is 10.6. The molecule has 0 bridgehead atoms. The van der Waals surface area contributed by atoms with Gasteiger partial charge in [0.05, 0.1) is 26.1 Å². The number of amides is 1. The highest BCUT2D eigenvalue weighted by Gasteiger charge is 2.21. The zero-order valence-corrected chi connectivity index (χ0v) is 19.0. The van der Waals surface area contributed by atoms with Gasteiger partial charge in [0.1, 0.15) is 11.2 Å². The molecule has 0 spiro atoms. The van der Waals surface area contributed by atoms with Gasteiger partial charge in [0.2, 0.25) is 11.9 Å². The van der Waals surface area contributed by atoms with E-state index >= 15 is 0 Å². The summed E-state index contributed by atoms with van der Waals surface area (Å²) in [7, 11) is 1.59. The summed E-state index contributed by atoms with van der Waals surface area (Å²) in [5.74, 6) is 0.191. The van der Waals surface area contributed by atoms with Crippen molar-refractivity contribution in [1.29, 1.82) is 0 Å². The van der Waals surface area contributed by atoms with Gasteiger partial charge in [-0.2, -0.15) is 4.98 Å². The van der Waals surface area contributed by atoms with E-state index in [0.717, 1.165) is 18.6 Å². The van der Waals surface area contributed by atoms with Crippen LogP contribution in [0.2, 0.25) is 0 Å². The third kappa shape index (κ3) is 5.22. The summed E-state index contributed by atoms with van der Waals surface area (Å²) < 4.78 is 27.6. The number of ether oxygens (including phenoxy) is 2. The predicted molar refractivity (Wildman–Crippen MR) is 123 cm³/mol. The quantitative estimate of drug-likeness (QED) is 0.495. The van der Waals surface area contributed by atoms with E-state index < -0.39 is 5.82 Å². The van der Waals surface area contributed by atoms with Crippen molar-refractivity contribution in [3.8, 4) is 17.0 Å². The molecule has 3 aromatic rings. The van der Waals surface area contributed by atoms with Crippen LogP contribution in [0.15, 0.2) is 24.5 Å². The van der Waals surface area contributed by atoms with Gasteiger partial charge in [-0.05, 0) is 31.0 Å². The summed E-state index contributed by atoms with van der Waals surface area (Å²) in [5.41, 5.74) is 2.74. The Labute approximate surface area is 191 Å². The fourth-order valence-electron chi connectivity index (χ4n) is 3.74. The van der Waals surface area contributed by atoms with E-state index in [2.05, 4.69) is 22.1 Å². The molecule has 0 saturated carbocycles. The molecule has 176 valence electrons. The number of fused-ring (bicyclic) bond motifs is 1. The predicted octanol–water partition coefficient (Wildman–Crippen LogP) is 2.78. The Morgan fingerprint density at radius 3 is 2.85 bits per heavy atom. The molecular formula is C23H29FN6O3. The number of carbonyl (C=O) groups excluding carboxylic acids is 1. The van der Waals surface area contributed by atoms with E-state index in [1.165, 1.54) is 6.07 Å². The highest BCUT2D eigenvalue weighted by molar-refractivity contribution is 5.88. The average molecular weight is 457 g/mol. The molecule has 0 atom stereocenters. The SMILES string of the molecule is CCCn1cnc2c(-c3ccc(F)c(OCCCC(=O)NC)c3)nc(N3CCOCC3)nc21. The molecule has 1 fully saturated rings. The Hall–Kier alpha value is -3.27. The van der Waals surface area contributed by atoms with Gasteiger partial charge in [0.25, 0.3) is 0 Å². The first-order valence-electron chi connectivity index (χ1n) is 11.3. The van der Waals surface area contributed by atoms with E-state index in [1.54, 1.807) is 25.5 Å². The van der Waals surface area contributed by atoms with Gasteiger partial charge in [0, 0.05) is 38.7 Å². The van der Waals surface area contributed by atoms with Crippen molar-refractivity contribution in [3.63, 3.8) is 0 Å². The number of aryl methyl sites for hydroxylation is 1. The molecule has 1 N–H and O–H groups in total. The lowest BCUT2D eigenvalue weighted by atomic mass is 10.1. The lowest BCUT2D eigenvalue weighted by Gasteiger charge is -2.27. The maximum atomic E-state index is 14.4. The van der Waals surface area contributed by atoms with Crippen molar-refractivity contribution in [2.75, 3.05) is 44.9 Å². The molecular weight excluding hydrogens is 427 g/mol. The summed E-state index contributed by atoms with van der Waals surface area (Å²) in [4.78, 5) is 27.7. The highest BCUT2D eigenvalue weighted by atomic mass is 19.1. The fourth-order valence-corrected chi connectivity index (χ4v) is 3.74. The van der Waals surface area contributed by atoms with E-state index in [1.807, 2.05) is 4.57 Å². The van der Waals surface area contributed by atoms with Crippen LogP contribution in [0.3, 0.4) is 0 Å². The van der Waals surface area contributed by atoms with Gasteiger partial charge < -0.3 is 24.3 Å². The second-order valence-corrected chi connectivity index (χ2v) is 7.85. The number of imidazole rings is 1. The van der Waals surface area contributed by atoms with Crippen LogP contribution in [0, 0.1) is 5.82 Å². The van der Waals surface area contributed by atoms with Crippen LogP contribution >= 0.6 is 0 Å². The van der Waals surface area contributed by atoms with E-state index in [9.17, 15) is 9.18 Å². The van der Waals surface area contributed by atoms with E-state index in [4.69, 9.17) is 19.4 Å². The molecule has 1 aliphatic heterocycles. The highest BCUT2D eigenvalue weighted by Crippen LogP contribution is 2.31. The van der Waals surface area contributed by atoms with Crippen molar-refractivity contribution >= 4 is 23.0 Å². The number of anilines is 1. The van der Waals surface area contributed by atoms with Crippen molar-refractivity contribution in [1.82, 2.24) is 24.8 Å². The molecule has 9 nitrogen and oxygen atoms in total. The normalized spacial score (nSPS) is 14.0. The number of halogens is 1. The van der Waals surface area contributed by atoms with Crippen LogP contribution in [-0.4, -0.2) is 65.4 Å². The smallest absolute Gasteiger partial charge is 0.228 e. The van der Waals surface area contributed by atoms with Crippen molar-refractivity contribution in [2.45, 2.75) is 32.7 Å². The fraction of sp³-hybridized carbons (Fsp3) is 0.478. The molecule has 0 aliphatic carbocycles. The zero-order valence-electron chi connectivity index (χ0n) is 19.0. The standard InChI is InChI=1S/C23H29FN6O3/c1-3-8-30-15-26-21-20(27-23(28-22(21)30)29-9-12-32-13-10-29)16-6-7-17(24)18(14-16)33-11-4-5-19(31)25-2/h6-7,14-15H,3-5,8-13H2,1-2H3,(H,25,31). The minimum atomic E-state index is -0.464. The summed E-state index contributed by atoms with van der Waals surface area (Å²) in [6.07, 6.45) is 3.53. The van der Waals surface area contributed by atoms with Crippen LogP contribution in [-0.2, 0) is 16.1 Å². The summed E-state index contributed by atoms with van der Waals surface area (Å²) >= 11 is 0. The largest absolute Gasteiger partial charge is 0.490 e. The Kier molecular flexibility index (Phi) is 7.33. The number of morpholine rings is 1. The van der Waals surface area contributed by atoms with Gasteiger partial charge >= 0.3 is 0 Å². The first-order valence-corrected chi connectivity index (χ1v) is 11.3. The number of nitrogens with one attached hydrogen (secondary N) is 1. The number of hydrogen-bond acceptors (Lipinski definition) is 7. The van der Waals surface area contributed by atoms with Crippen LogP contribution < -0.4 is 15.0 Å². The number of hydrogen-bond donors (Lipinski definition) is 1. The minimum Gasteiger partial charge on any atom is -0.490 e. The molecule has 0 unspecified atom stereocenters. The van der Waals surface area contributed by atoms with Gasteiger partial charge in [-0.1, -0.05) is 6.92 Å². The molecule has 1 aromatic carbocycles. The van der Waals surface area contributed by atoms with E-state index in [-0.39, 0.29) is 18.3 Å². The molecule has 1 amide bonds. The maximum absolute atomic E-state index is 14.4. The van der Waals surface area contributed by atoms with Crippen LogP contribution in [0.4, 0.5) is 10.3 Å². The Balaban J connectivity index is 1.68. The maximum Gasteiger partial charge on any atom is 0.228 e. The lowest BCUT2D eigenvalue weighted by molar-refractivity contribution is -0.120. The first-order chi connectivity index (χ1) is 16.1. The molecule has 33 heavy (non-hydrogen) atoms. The van der Waals surface area contributed by atoms with Crippen LogP contribution in [0.5, 0.6) is 5.75 Å². The number of nitrogens with zero attached hydrogens (tertiary/aromatic N) is 5. The number of aromatic nitrogens is 4. The average Bonchev–Trinajstić information content (AvgIpc) is 3.25. The number of rotatable bonds is 9. The molecule has 10 heteroatoms. The Bertz CT molecular complexity index is 1110. The number of benzene rings is 1. The Morgan fingerprint density at radius 2 is 2.09 bits per heavy atom.